The van der Waals surface area contributed by atoms with Crippen LogP contribution in [0.1, 0.15) is 41.8 Å². The molecule has 0 saturated carbocycles. The number of hydrogen-bond donors (Lipinski definition) is 2. The van der Waals surface area contributed by atoms with Crippen LogP contribution in [0, 0.1) is 11.3 Å². The van der Waals surface area contributed by atoms with E-state index in [0.29, 0.717) is 23.4 Å². The van der Waals surface area contributed by atoms with Crippen molar-refractivity contribution < 1.29 is 14.5 Å². The van der Waals surface area contributed by atoms with Crippen LogP contribution in [0.2, 0.25) is 0 Å². The van der Waals surface area contributed by atoms with Gasteiger partial charge in [-0.1, -0.05) is 29.4 Å². The number of carbonyl (C=O) groups excluding carboxylic acids is 1. The number of nitriles is 1. The van der Waals surface area contributed by atoms with Crippen molar-refractivity contribution in [3.8, 4) is 6.07 Å². The van der Waals surface area contributed by atoms with Gasteiger partial charge in [-0.3, -0.25) is 9.63 Å². The second kappa shape index (κ2) is 8.55. The number of rotatable bonds is 7. The average molecular weight is 378 g/mol. The predicted octanol–water partition coefficient (Wildman–Crippen LogP) is 3.39. The van der Waals surface area contributed by atoms with Gasteiger partial charge in [0.1, 0.15) is 0 Å². The van der Waals surface area contributed by atoms with E-state index in [-0.39, 0.29) is 12.5 Å². The zero-order chi connectivity index (χ0) is 20.0. The molecule has 1 amide bonds. The number of para-hydroxylation sites is 1. The first-order valence-electron chi connectivity index (χ1n) is 8.95. The van der Waals surface area contributed by atoms with Crippen molar-refractivity contribution in [2.45, 2.75) is 32.5 Å². The first kappa shape index (κ1) is 19.4. The minimum atomic E-state index is -0.431. The van der Waals surface area contributed by atoms with Crippen LogP contribution < -0.4 is 10.8 Å². The summed E-state index contributed by atoms with van der Waals surface area (Å²) < 4.78 is 0. The second-order valence-electron chi connectivity index (χ2n) is 6.97. The fraction of sp³-hybridized carbons (Fsp3) is 0.286. The normalized spacial score (nSPS) is 18.0. The van der Waals surface area contributed by atoms with Gasteiger partial charge < -0.3 is 10.2 Å². The maximum atomic E-state index is 12.5. The largest absolute Gasteiger partial charge is 0.387 e. The van der Waals surface area contributed by atoms with Gasteiger partial charge in [0.2, 0.25) is 0 Å². The van der Waals surface area contributed by atoms with E-state index in [2.05, 4.69) is 22.0 Å². The van der Waals surface area contributed by atoms with Crippen LogP contribution in [0.4, 0.5) is 5.69 Å². The standard InChI is InChI=1S/C21H22N4O3/c1-15-11-21(2,28-24-15)14-23-19-6-4-3-5-18(19)20(26)25-27-13-17-9-7-16(12-22)8-10-17/h3-10,23H,11,13-14H2,1-2H3,(H,25,26). The molecule has 1 aliphatic rings. The number of benzene rings is 2. The Morgan fingerprint density at radius 1 is 1.29 bits per heavy atom. The molecule has 1 aliphatic heterocycles. The fourth-order valence-corrected chi connectivity index (χ4v) is 2.92. The summed E-state index contributed by atoms with van der Waals surface area (Å²) in [6, 6.07) is 16.2. The Bertz CT molecular complexity index is 918. The van der Waals surface area contributed by atoms with Gasteiger partial charge in [0.05, 0.1) is 36.1 Å². The van der Waals surface area contributed by atoms with E-state index < -0.39 is 5.60 Å². The third kappa shape index (κ3) is 4.87. The highest BCUT2D eigenvalue weighted by Crippen LogP contribution is 2.25. The summed E-state index contributed by atoms with van der Waals surface area (Å²) in [5.41, 5.74) is 5.58. The van der Waals surface area contributed by atoms with Crippen molar-refractivity contribution in [3.05, 3.63) is 65.2 Å². The lowest BCUT2D eigenvalue weighted by molar-refractivity contribution is 0.00744. The van der Waals surface area contributed by atoms with E-state index in [9.17, 15) is 4.79 Å². The molecule has 28 heavy (non-hydrogen) atoms. The molecule has 7 heteroatoms. The lowest BCUT2D eigenvalue weighted by Crippen LogP contribution is -2.34. The van der Waals surface area contributed by atoms with E-state index in [4.69, 9.17) is 14.9 Å². The number of carbonyl (C=O) groups is 1. The molecule has 144 valence electrons. The highest BCUT2D eigenvalue weighted by molar-refractivity contribution is 5.99. The quantitative estimate of drug-likeness (QED) is 0.720. The van der Waals surface area contributed by atoms with Crippen LogP contribution in [-0.2, 0) is 16.3 Å². The van der Waals surface area contributed by atoms with E-state index in [1.165, 1.54) is 0 Å². The minimum absolute atomic E-state index is 0.204. The summed E-state index contributed by atoms with van der Waals surface area (Å²) in [5.74, 6) is -0.346. The zero-order valence-electron chi connectivity index (χ0n) is 15.9. The third-order valence-corrected chi connectivity index (χ3v) is 4.36. The van der Waals surface area contributed by atoms with E-state index in [1.807, 2.05) is 26.0 Å². The molecule has 2 aromatic carbocycles. The molecule has 0 aliphatic carbocycles. The molecular formula is C21H22N4O3. The van der Waals surface area contributed by atoms with Crippen molar-refractivity contribution in [1.82, 2.24) is 5.48 Å². The molecule has 2 N–H and O–H groups in total. The Labute approximate surface area is 163 Å². The molecule has 0 aromatic heterocycles. The van der Waals surface area contributed by atoms with Crippen LogP contribution in [0.5, 0.6) is 0 Å². The summed E-state index contributed by atoms with van der Waals surface area (Å²) in [6.45, 7) is 4.63. The Balaban J connectivity index is 1.55. The molecular weight excluding hydrogens is 356 g/mol. The maximum absolute atomic E-state index is 12.5. The Morgan fingerprint density at radius 2 is 2.04 bits per heavy atom. The van der Waals surface area contributed by atoms with Crippen molar-refractivity contribution in [1.29, 1.82) is 5.26 Å². The van der Waals surface area contributed by atoms with Crippen molar-refractivity contribution in [2.24, 2.45) is 5.16 Å². The zero-order valence-corrected chi connectivity index (χ0v) is 15.9. The van der Waals surface area contributed by atoms with Crippen LogP contribution in [-0.4, -0.2) is 23.8 Å². The van der Waals surface area contributed by atoms with E-state index in [1.54, 1.807) is 36.4 Å². The van der Waals surface area contributed by atoms with Gasteiger partial charge >= 0.3 is 0 Å². The van der Waals surface area contributed by atoms with Gasteiger partial charge in [-0.15, -0.1) is 0 Å². The predicted molar refractivity (Wildman–Crippen MR) is 106 cm³/mol. The van der Waals surface area contributed by atoms with E-state index >= 15 is 0 Å². The molecule has 0 radical (unpaired) electrons. The van der Waals surface area contributed by atoms with Crippen molar-refractivity contribution in [3.63, 3.8) is 0 Å². The van der Waals surface area contributed by atoms with E-state index in [0.717, 1.165) is 17.7 Å². The summed E-state index contributed by atoms with van der Waals surface area (Å²) >= 11 is 0. The highest BCUT2D eigenvalue weighted by atomic mass is 16.7. The molecule has 0 bridgehead atoms. The number of nitrogens with one attached hydrogen (secondary N) is 2. The molecule has 3 rings (SSSR count). The van der Waals surface area contributed by atoms with Gasteiger partial charge in [0, 0.05) is 12.1 Å². The monoisotopic (exact) mass is 378 g/mol. The first-order chi connectivity index (χ1) is 13.5. The first-order valence-corrected chi connectivity index (χ1v) is 8.95. The summed E-state index contributed by atoms with van der Waals surface area (Å²) in [4.78, 5) is 23.3. The van der Waals surface area contributed by atoms with Gasteiger partial charge in [0.25, 0.3) is 5.91 Å². The third-order valence-electron chi connectivity index (χ3n) is 4.36. The molecule has 7 nitrogen and oxygen atoms in total. The number of nitrogens with zero attached hydrogens (tertiary/aromatic N) is 2. The molecule has 1 atom stereocenters. The average Bonchev–Trinajstić information content (AvgIpc) is 3.06. The number of anilines is 1. The fourth-order valence-electron chi connectivity index (χ4n) is 2.92. The van der Waals surface area contributed by atoms with Gasteiger partial charge in [-0.25, -0.2) is 5.48 Å². The van der Waals surface area contributed by atoms with Crippen LogP contribution in [0.15, 0.2) is 53.7 Å². The van der Waals surface area contributed by atoms with Crippen molar-refractivity contribution in [2.75, 3.05) is 11.9 Å². The second-order valence-corrected chi connectivity index (χ2v) is 6.97. The molecule has 0 saturated heterocycles. The number of hydrogen-bond acceptors (Lipinski definition) is 6. The molecule has 0 fully saturated rings. The topological polar surface area (TPSA) is 95.7 Å². The number of amides is 1. The summed E-state index contributed by atoms with van der Waals surface area (Å²) in [7, 11) is 0. The maximum Gasteiger partial charge on any atom is 0.276 e. The van der Waals surface area contributed by atoms with Gasteiger partial charge in [0.15, 0.2) is 5.60 Å². The van der Waals surface area contributed by atoms with Gasteiger partial charge in [-0.2, -0.15) is 5.26 Å². The van der Waals surface area contributed by atoms with Crippen LogP contribution in [0.25, 0.3) is 0 Å². The summed E-state index contributed by atoms with van der Waals surface area (Å²) in [5, 5.41) is 16.1. The number of oxime groups is 1. The smallest absolute Gasteiger partial charge is 0.276 e. The van der Waals surface area contributed by atoms with Crippen LogP contribution >= 0.6 is 0 Å². The molecule has 1 heterocycles. The summed E-state index contributed by atoms with van der Waals surface area (Å²) in [6.07, 6.45) is 0.738. The Hall–Kier alpha value is -3.37. The lowest BCUT2D eigenvalue weighted by atomic mass is 10.00. The van der Waals surface area contributed by atoms with Crippen molar-refractivity contribution >= 4 is 17.3 Å². The molecule has 2 aromatic rings. The Morgan fingerprint density at radius 3 is 2.71 bits per heavy atom. The molecule has 0 spiro atoms. The molecule has 1 unspecified atom stereocenters. The number of hydroxylamine groups is 1. The van der Waals surface area contributed by atoms with Crippen LogP contribution in [0.3, 0.4) is 0 Å². The lowest BCUT2D eigenvalue weighted by Gasteiger charge is -2.23. The van der Waals surface area contributed by atoms with Gasteiger partial charge in [-0.05, 0) is 43.7 Å². The minimum Gasteiger partial charge on any atom is -0.387 e. The highest BCUT2D eigenvalue weighted by Gasteiger charge is 2.32. The Kier molecular flexibility index (Phi) is 5.92. The SMILES string of the molecule is CC1=NOC(C)(CNc2ccccc2C(=O)NOCc2ccc(C#N)cc2)C1.